The molecule has 1 aromatic carbocycles. The predicted octanol–water partition coefficient (Wildman–Crippen LogP) is 1.51. The molecule has 2 rings (SSSR count). The van der Waals surface area contributed by atoms with E-state index in [0.717, 1.165) is 0 Å². The Morgan fingerprint density at radius 2 is 1.81 bits per heavy atom. The van der Waals surface area contributed by atoms with Gasteiger partial charge in [-0.1, -0.05) is 0 Å². The van der Waals surface area contributed by atoms with Crippen molar-refractivity contribution in [2.45, 2.75) is 0 Å². The summed E-state index contributed by atoms with van der Waals surface area (Å²) in [6.07, 6.45) is 2.05. The van der Waals surface area contributed by atoms with Crippen LogP contribution >= 0.6 is 0 Å². The topological polar surface area (TPSA) is 88.2 Å². The standard InChI is InChI=1S/C15H13N3O3/c1-16-14(20)11-2-4-12(5-3-11)18-15(21)13-8-10(9-19)6-7-17-13/h2-9H,1H3,(H,16,20)(H,18,21). The smallest absolute Gasteiger partial charge is 0.274 e. The minimum absolute atomic E-state index is 0.148. The number of carbonyl (C=O) groups is 3. The number of hydrogen-bond donors (Lipinski definition) is 2. The molecular weight excluding hydrogens is 270 g/mol. The zero-order valence-corrected chi connectivity index (χ0v) is 11.3. The summed E-state index contributed by atoms with van der Waals surface area (Å²) in [4.78, 5) is 38.0. The van der Waals surface area contributed by atoms with Gasteiger partial charge < -0.3 is 10.6 Å². The predicted molar refractivity (Wildman–Crippen MR) is 77.4 cm³/mol. The lowest BCUT2D eigenvalue weighted by atomic mass is 10.2. The molecule has 21 heavy (non-hydrogen) atoms. The number of nitrogens with one attached hydrogen (secondary N) is 2. The molecule has 6 nitrogen and oxygen atoms in total. The Balaban J connectivity index is 2.12. The molecule has 0 radical (unpaired) electrons. The number of aldehydes is 1. The van der Waals surface area contributed by atoms with Crippen molar-refractivity contribution >= 4 is 23.8 Å². The number of hydrogen-bond acceptors (Lipinski definition) is 4. The van der Waals surface area contributed by atoms with Crippen molar-refractivity contribution in [3.63, 3.8) is 0 Å². The number of rotatable bonds is 4. The summed E-state index contributed by atoms with van der Waals surface area (Å²) >= 11 is 0. The lowest BCUT2D eigenvalue weighted by Gasteiger charge is -2.06. The van der Waals surface area contributed by atoms with Crippen LogP contribution in [0.15, 0.2) is 42.6 Å². The fraction of sp³-hybridized carbons (Fsp3) is 0.0667. The molecule has 106 valence electrons. The normalized spacial score (nSPS) is 9.76. The van der Waals surface area contributed by atoms with E-state index in [1.807, 2.05) is 0 Å². The highest BCUT2D eigenvalue weighted by atomic mass is 16.2. The van der Waals surface area contributed by atoms with Crippen LogP contribution in [0.4, 0.5) is 5.69 Å². The van der Waals surface area contributed by atoms with Gasteiger partial charge in [-0.05, 0) is 36.4 Å². The first kappa shape index (κ1) is 14.4. The van der Waals surface area contributed by atoms with E-state index in [4.69, 9.17) is 0 Å². The summed E-state index contributed by atoms with van der Waals surface area (Å²) < 4.78 is 0. The van der Waals surface area contributed by atoms with Gasteiger partial charge in [0, 0.05) is 30.1 Å². The molecule has 2 N–H and O–H groups in total. The van der Waals surface area contributed by atoms with Crippen molar-refractivity contribution in [3.05, 3.63) is 59.4 Å². The zero-order valence-electron chi connectivity index (χ0n) is 11.3. The van der Waals surface area contributed by atoms with Crippen molar-refractivity contribution in [2.75, 3.05) is 12.4 Å². The van der Waals surface area contributed by atoms with Crippen LogP contribution < -0.4 is 10.6 Å². The quantitative estimate of drug-likeness (QED) is 0.832. The van der Waals surface area contributed by atoms with E-state index in [-0.39, 0.29) is 11.6 Å². The highest BCUT2D eigenvalue weighted by molar-refractivity contribution is 6.04. The minimum atomic E-state index is -0.425. The lowest BCUT2D eigenvalue weighted by molar-refractivity contribution is 0.0962. The van der Waals surface area contributed by atoms with Crippen LogP contribution in [-0.2, 0) is 0 Å². The van der Waals surface area contributed by atoms with Gasteiger partial charge in [-0.3, -0.25) is 19.4 Å². The third-order valence-electron chi connectivity index (χ3n) is 2.78. The molecule has 0 saturated heterocycles. The van der Waals surface area contributed by atoms with Gasteiger partial charge in [-0.15, -0.1) is 0 Å². The highest BCUT2D eigenvalue weighted by Crippen LogP contribution is 2.11. The van der Waals surface area contributed by atoms with Crippen LogP contribution in [0.1, 0.15) is 31.2 Å². The molecule has 2 aromatic rings. The molecule has 0 aliphatic rings. The molecular formula is C15H13N3O3. The van der Waals surface area contributed by atoms with E-state index in [0.29, 0.717) is 23.1 Å². The molecule has 6 heteroatoms. The van der Waals surface area contributed by atoms with Crippen LogP contribution in [-0.4, -0.2) is 30.1 Å². The second kappa shape index (κ2) is 6.42. The average Bonchev–Trinajstić information content (AvgIpc) is 2.54. The maximum atomic E-state index is 12.0. The monoisotopic (exact) mass is 283 g/mol. The van der Waals surface area contributed by atoms with Crippen molar-refractivity contribution in [1.29, 1.82) is 0 Å². The number of benzene rings is 1. The van der Waals surface area contributed by atoms with Crippen LogP contribution in [0.2, 0.25) is 0 Å². The molecule has 2 amide bonds. The van der Waals surface area contributed by atoms with Gasteiger partial charge in [0.2, 0.25) is 0 Å². The zero-order chi connectivity index (χ0) is 15.2. The molecule has 0 fully saturated rings. The summed E-state index contributed by atoms with van der Waals surface area (Å²) in [5.41, 5.74) is 1.56. The Hall–Kier alpha value is -3.02. The Morgan fingerprint density at radius 3 is 2.43 bits per heavy atom. The molecule has 0 unspecified atom stereocenters. The van der Waals surface area contributed by atoms with Crippen LogP contribution in [0.25, 0.3) is 0 Å². The molecule has 0 bridgehead atoms. The molecule has 1 aromatic heterocycles. The van der Waals surface area contributed by atoms with Gasteiger partial charge in [0.1, 0.15) is 12.0 Å². The SMILES string of the molecule is CNC(=O)c1ccc(NC(=O)c2cc(C=O)ccn2)cc1. The third kappa shape index (κ3) is 3.50. The largest absolute Gasteiger partial charge is 0.355 e. The van der Waals surface area contributed by atoms with Crippen LogP contribution in [0, 0.1) is 0 Å². The maximum Gasteiger partial charge on any atom is 0.274 e. The second-order valence-corrected chi connectivity index (χ2v) is 4.20. The number of pyridine rings is 1. The summed E-state index contributed by atoms with van der Waals surface area (Å²) in [6, 6.07) is 9.36. The number of carbonyl (C=O) groups excluding carboxylic acids is 3. The van der Waals surface area contributed by atoms with E-state index >= 15 is 0 Å². The third-order valence-corrected chi connectivity index (χ3v) is 2.78. The Bertz CT molecular complexity index is 681. The average molecular weight is 283 g/mol. The van der Waals surface area contributed by atoms with Crippen molar-refractivity contribution in [2.24, 2.45) is 0 Å². The molecule has 0 atom stereocenters. The van der Waals surface area contributed by atoms with Gasteiger partial charge in [0.25, 0.3) is 11.8 Å². The maximum absolute atomic E-state index is 12.0. The summed E-state index contributed by atoms with van der Waals surface area (Å²) in [6.45, 7) is 0. The van der Waals surface area contributed by atoms with E-state index < -0.39 is 5.91 Å². The second-order valence-electron chi connectivity index (χ2n) is 4.20. The number of amides is 2. The van der Waals surface area contributed by atoms with Gasteiger partial charge in [0.05, 0.1) is 0 Å². The number of aromatic nitrogens is 1. The summed E-state index contributed by atoms with van der Waals surface area (Å²) in [5.74, 6) is -0.625. The van der Waals surface area contributed by atoms with Crippen molar-refractivity contribution < 1.29 is 14.4 Å². The molecule has 0 aliphatic carbocycles. The Kier molecular flexibility index (Phi) is 4.40. The first-order valence-electron chi connectivity index (χ1n) is 6.19. The van der Waals surface area contributed by atoms with E-state index in [1.54, 1.807) is 31.3 Å². The Morgan fingerprint density at radius 1 is 1.10 bits per heavy atom. The van der Waals surface area contributed by atoms with E-state index in [1.165, 1.54) is 18.3 Å². The van der Waals surface area contributed by atoms with Gasteiger partial charge in [-0.2, -0.15) is 0 Å². The molecule has 0 saturated carbocycles. The van der Waals surface area contributed by atoms with Crippen molar-refractivity contribution in [3.8, 4) is 0 Å². The first-order chi connectivity index (χ1) is 10.1. The van der Waals surface area contributed by atoms with Crippen LogP contribution in [0.5, 0.6) is 0 Å². The molecule has 1 heterocycles. The van der Waals surface area contributed by atoms with Crippen LogP contribution in [0.3, 0.4) is 0 Å². The van der Waals surface area contributed by atoms with E-state index in [2.05, 4.69) is 15.6 Å². The highest BCUT2D eigenvalue weighted by Gasteiger charge is 2.09. The van der Waals surface area contributed by atoms with E-state index in [9.17, 15) is 14.4 Å². The number of anilines is 1. The van der Waals surface area contributed by atoms with Crippen molar-refractivity contribution in [1.82, 2.24) is 10.3 Å². The first-order valence-corrected chi connectivity index (χ1v) is 6.19. The Labute approximate surface area is 121 Å². The molecule has 0 aliphatic heterocycles. The fourth-order valence-corrected chi connectivity index (χ4v) is 1.69. The molecule has 0 spiro atoms. The fourth-order valence-electron chi connectivity index (χ4n) is 1.69. The van der Waals surface area contributed by atoms with Gasteiger partial charge in [0.15, 0.2) is 0 Å². The summed E-state index contributed by atoms with van der Waals surface area (Å²) in [5, 5.41) is 5.16. The van der Waals surface area contributed by atoms with Gasteiger partial charge in [-0.25, -0.2) is 0 Å². The summed E-state index contributed by atoms with van der Waals surface area (Å²) in [7, 11) is 1.55. The minimum Gasteiger partial charge on any atom is -0.355 e. The lowest BCUT2D eigenvalue weighted by Crippen LogP contribution is -2.18. The van der Waals surface area contributed by atoms with Gasteiger partial charge >= 0.3 is 0 Å². The number of nitrogens with zero attached hydrogens (tertiary/aromatic N) is 1.